The largest absolute Gasteiger partial charge is 0.320 e. The van der Waals surface area contributed by atoms with Crippen molar-refractivity contribution < 1.29 is 4.39 Å². The molecular weight excluding hydrogens is 237 g/mol. The lowest BCUT2D eigenvalue weighted by Gasteiger charge is -2.15. The fraction of sp³-hybridized carbons (Fsp3) is 0.143. The second kappa shape index (κ2) is 5.80. The molecule has 0 aliphatic carbocycles. The number of nitrogens with two attached hydrogens (primary N) is 1. The van der Waals surface area contributed by atoms with Crippen LogP contribution in [0.4, 0.5) is 4.39 Å². The first-order chi connectivity index (χ1) is 7.70. The van der Waals surface area contributed by atoms with Gasteiger partial charge >= 0.3 is 0 Å². The Balaban J connectivity index is 0.00000144. The summed E-state index contributed by atoms with van der Waals surface area (Å²) in [6.07, 6.45) is 0. The summed E-state index contributed by atoms with van der Waals surface area (Å²) in [7, 11) is 0. The SMILES string of the molecule is Cc1c(F)cccc1C(N)c1ccccc1.Cl. The molecule has 90 valence electrons. The Morgan fingerprint density at radius 3 is 2.29 bits per heavy atom. The zero-order valence-corrected chi connectivity index (χ0v) is 10.4. The highest BCUT2D eigenvalue weighted by atomic mass is 35.5. The first-order valence-corrected chi connectivity index (χ1v) is 5.25. The molecule has 0 aromatic heterocycles. The van der Waals surface area contributed by atoms with Crippen LogP contribution in [0, 0.1) is 12.7 Å². The minimum absolute atomic E-state index is 0. The summed E-state index contributed by atoms with van der Waals surface area (Å²) in [4.78, 5) is 0. The van der Waals surface area contributed by atoms with Crippen molar-refractivity contribution in [3.05, 3.63) is 71.0 Å². The Hall–Kier alpha value is -1.38. The van der Waals surface area contributed by atoms with Crippen molar-refractivity contribution in [1.82, 2.24) is 0 Å². The van der Waals surface area contributed by atoms with Gasteiger partial charge in [-0.1, -0.05) is 42.5 Å². The molecule has 0 aliphatic heterocycles. The van der Waals surface area contributed by atoms with Crippen LogP contribution in [0.2, 0.25) is 0 Å². The molecule has 0 radical (unpaired) electrons. The lowest BCUT2D eigenvalue weighted by atomic mass is 9.96. The normalized spacial score (nSPS) is 11.7. The molecule has 2 aromatic rings. The van der Waals surface area contributed by atoms with E-state index in [2.05, 4.69) is 0 Å². The van der Waals surface area contributed by atoms with E-state index >= 15 is 0 Å². The van der Waals surface area contributed by atoms with Crippen LogP contribution in [0.15, 0.2) is 48.5 Å². The van der Waals surface area contributed by atoms with Gasteiger partial charge in [0, 0.05) is 0 Å². The van der Waals surface area contributed by atoms with Crippen molar-refractivity contribution in [2.75, 3.05) is 0 Å². The third-order valence-corrected chi connectivity index (χ3v) is 2.80. The van der Waals surface area contributed by atoms with Crippen molar-refractivity contribution in [3.8, 4) is 0 Å². The first kappa shape index (κ1) is 13.7. The van der Waals surface area contributed by atoms with Crippen molar-refractivity contribution in [3.63, 3.8) is 0 Å². The third kappa shape index (κ3) is 2.84. The summed E-state index contributed by atoms with van der Waals surface area (Å²) in [6.45, 7) is 1.76. The van der Waals surface area contributed by atoms with E-state index in [0.29, 0.717) is 5.56 Å². The maximum absolute atomic E-state index is 13.4. The minimum atomic E-state index is -0.267. The maximum atomic E-state index is 13.4. The van der Waals surface area contributed by atoms with E-state index in [1.165, 1.54) is 6.07 Å². The Morgan fingerprint density at radius 1 is 1.00 bits per heavy atom. The van der Waals surface area contributed by atoms with E-state index in [-0.39, 0.29) is 24.3 Å². The molecule has 0 fully saturated rings. The molecule has 0 bridgehead atoms. The van der Waals surface area contributed by atoms with Gasteiger partial charge in [0.05, 0.1) is 6.04 Å². The zero-order valence-electron chi connectivity index (χ0n) is 9.56. The second-order valence-electron chi connectivity index (χ2n) is 3.84. The van der Waals surface area contributed by atoms with E-state index in [9.17, 15) is 4.39 Å². The quantitative estimate of drug-likeness (QED) is 0.867. The summed E-state index contributed by atoms with van der Waals surface area (Å²) in [6, 6.07) is 14.5. The number of hydrogen-bond acceptors (Lipinski definition) is 1. The Morgan fingerprint density at radius 2 is 1.65 bits per heavy atom. The summed E-state index contributed by atoms with van der Waals surface area (Å²) in [5, 5.41) is 0. The predicted octanol–water partition coefficient (Wildman–Crippen LogP) is 3.60. The molecule has 1 nitrogen and oxygen atoms in total. The van der Waals surface area contributed by atoms with Crippen molar-refractivity contribution in [2.45, 2.75) is 13.0 Å². The van der Waals surface area contributed by atoms with Gasteiger partial charge in [-0.3, -0.25) is 0 Å². The average molecular weight is 252 g/mol. The highest BCUT2D eigenvalue weighted by Crippen LogP contribution is 2.23. The molecule has 2 aromatic carbocycles. The molecule has 17 heavy (non-hydrogen) atoms. The van der Waals surface area contributed by atoms with Crippen LogP contribution in [0.1, 0.15) is 22.7 Å². The van der Waals surface area contributed by atoms with Gasteiger partial charge in [0.2, 0.25) is 0 Å². The number of halogens is 2. The molecule has 0 saturated heterocycles. The van der Waals surface area contributed by atoms with Gasteiger partial charge in [-0.25, -0.2) is 4.39 Å². The zero-order chi connectivity index (χ0) is 11.5. The Labute approximate surface area is 107 Å². The van der Waals surface area contributed by atoms with E-state index in [0.717, 1.165) is 11.1 Å². The van der Waals surface area contributed by atoms with E-state index in [1.54, 1.807) is 13.0 Å². The average Bonchev–Trinajstić information content (AvgIpc) is 2.33. The third-order valence-electron chi connectivity index (χ3n) is 2.80. The van der Waals surface area contributed by atoms with Crippen LogP contribution in [0.5, 0.6) is 0 Å². The van der Waals surface area contributed by atoms with E-state index in [4.69, 9.17) is 5.73 Å². The predicted molar refractivity (Wildman–Crippen MR) is 70.9 cm³/mol. The number of benzene rings is 2. The van der Waals surface area contributed by atoms with Gasteiger partial charge in [-0.15, -0.1) is 12.4 Å². The summed E-state index contributed by atoms with van der Waals surface area (Å²) in [5.41, 5.74) is 8.58. The van der Waals surface area contributed by atoms with Crippen LogP contribution < -0.4 is 5.73 Å². The maximum Gasteiger partial charge on any atom is 0.126 e. The molecular formula is C14H15ClFN. The lowest BCUT2D eigenvalue weighted by Crippen LogP contribution is -2.13. The van der Waals surface area contributed by atoms with Crippen LogP contribution >= 0.6 is 12.4 Å². The smallest absolute Gasteiger partial charge is 0.126 e. The first-order valence-electron chi connectivity index (χ1n) is 5.25. The Bertz CT molecular complexity index is 485. The fourth-order valence-electron chi connectivity index (χ4n) is 1.80. The Kier molecular flexibility index (Phi) is 4.67. The van der Waals surface area contributed by atoms with Gasteiger partial charge in [0.15, 0.2) is 0 Å². The van der Waals surface area contributed by atoms with Gasteiger partial charge < -0.3 is 5.73 Å². The molecule has 0 saturated carbocycles. The van der Waals surface area contributed by atoms with Crippen LogP contribution in [0.3, 0.4) is 0 Å². The summed E-state index contributed by atoms with van der Waals surface area (Å²) < 4.78 is 13.4. The van der Waals surface area contributed by atoms with E-state index < -0.39 is 0 Å². The van der Waals surface area contributed by atoms with Crippen LogP contribution in [0.25, 0.3) is 0 Å². The fourth-order valence-corrected chi connectivity index (χ4v) is 1.80. The summed E-state index contributed by atoms with van der Waals surface area (Å²) >= 11 is 0. The van der Waals surface area contributed by atoms with Gasteiger partial charge in [0.1, 0.15) is 5.82 Å². The van der Waals surface area contributed by atoms with Crippen molar-refractivity contribution >= 4 is 12.4 Å². The standard InChI is InChI=1S/C14H14FN.ClH/c1-10-12(8-5-9-13(10)15)14(16)11-6-3-2-4-7-11;/h2-9,14H,16H2,1H3;1H. The molecule has 0 heterocycles. The molecule has 3 heteroatoms. The highest BCUT2D eigenvalue weighted by Gasteiger charge is 2.12. The highest BCUT2D eigenvalue weighted by molar-refractivity contribution is 5.85. The lowest BCUT2D eigenvalue weighted by molar-refractivity contribution is 0.613. The van der Waals surface area contributed by atoms with E-state index in [1.807, 2.05) is 36.4 Å². The topological polar surface area (TPSA) is 26.0 Å². The molecule has 0 spiro atoms. The number of rotatable bonds is 2. The van der Waals surface area contributed by atoms with Gasteiger partial charge in [-0.05, 0) is 29.7 Å². The van der Waals surface area contributed by atoms with Crippen LogP contribution in [-0.2, 0) is 0 Å². The molecule has 2 N–H and O–H groups in total. The van der Waals surface area contributed by atoms with Gasteiger partial charge in [0.25, 0.3) is 0 Å². The minimum Gasteiger partial charge on any atom is -0.320 e. The second-order valence-corrected chi connectivity index (χ2v) is 3.84. The molecule has 1 unspecified atom stereocenters. The summed E-state index contributed by atoms with van der Waals surface area (Å²) in [5.74, 6) is -0.205. The molecule has 0 amide bonds. The monoisotopic (exact) mass is 251 g/mol. The van der Waals surface area contributed by atoms with Crippen molar-refractivity contribution in [1.29, 1.82) is 0 Å². The molecule has 2 rings (SSSR count). The number of hydrogen-bond donors (Lipinski definition) is 1. The molecule has 1 atom stereocenters. The van der Waals surface area contributed by atoms with Gasteiger partial charge in [-0.2, -0.15) is 0 Å². The van der Waals surface area contributed by atoms with Crippen molar-refractivity contribution in [2.24, 2.45) is 5.73 Å². The van der Waals surface area contributed by atoms with Crippen LogP contribution in [-0.4, -0.2) is 0 Å². The molecule has 0 aliphatic rings.